The molecule has 0 fully saturated rings. The molecule has 0 atom stereocenters. The summed E-state index contributed by atoms with van der Waals surface area (Å²) in [6.07, 6.45) is 6.44. The van der Waals surface area contributed by atoms with Crippen LogP contribution in [0.5, 0.6) is 0 Å². The number of aryl methyl sites for hydroxylation is 1. The van der Waals surface area contributed by atoms with Gasteiger partial charge in [0.25, 0.3) is 0 Å². The SMILES string of the molecule is CCc1nccn1-c1ccccn1. The van der Waals surface area contributed by atoms with Crippen LogP contribution in [0.15, 0.2) is 36.8 Å². The average molecular weight is 173 g/mol. The summed E-state index contributed by atoms with van der Waals surface area (Å²) in [4.78, 5) is 8.49. The molecule has 3 heteroatoms. The predicted molar refractivity (Wildman–Crippen MR) is 50.7 cm³/mol. The van der Waals surface area contributed by atoms with Gasteiger partial charge in [-0.05, 0) is 12.1 Å². The van der Waals surface area contributed by atoms with Gasteiger partial charge < -0.3 is 0 Å². The fraction of sp³-hybridized carbons (Fsp3) is 0.200. The summed E-state index contributed by atoms with van der Waals surface area (Å²) in [5.41, 5.74) is 0. The van der Waals surface area contributed by atoms with E-state index in [-0.39, 0.29) is 0 Å². The molecule has 2 rings (SSSR count). The van der Waals surface area contributed by atoms with Crippen LogP contribution >= 0.6 is 0 Å². The van der Waals surface area contributed by atoms with Gasteiger partial charge in [-0.2, -0.15) is 0 Å². The van der Waals surface area contributed by atoms with Crippen molar-refractivity contribution in [2.75, 3.05) is 0 Å². The van der Waals surface area contributed by atoms with Crippen LogP contribution in [0, 0.1) is 0 Å². The lowest BCUT2D eigenvalue weighted by Gasteiger charge is -2.03. The first-order valence-corrected chi connectivity index (χ1v) is 4.35. The second kappa shape index (κ2) is 3.39. The van der Waals surface area contributed by atoms with Crippen LogP contribution in [-0.2, 0) is 6.42 Å². The highest BCUT2D eigenvalue weighted by Gasteiger charge is 2.01. The molecule has 3 nitrogen and oxygen atoms in total. The quantitative estimate of drug-likeness (QED) is 0.693. The van der Waals surface area contributed by atoms with Crippen LogP contribution in [0.25, 0.3) is 5.82 Å². The van der Waals surface area contributed by atoms with Crippen molar-refractivity contribution in [2.45, 2.75) is 13.3 Å². The zero-order valence-corrected chi connectivity index (χ0v) is 7.51. The predicted octanol–water partition coefficient (Wildman–Crippen LogP) is 1.83. The molecule has 2 heterocycles. The maximum Gasteiger partial charge on any atom is 0.137 e. The van der Waals surface area contributed by atoms with Crippen molar-refractivity contribution in [2.24, 2.45) is 0 Å². The molecule has 0 bridgehead atoms. The number of nitrogens with zero attached hydrogens (tertiary/aromatic N) is 3. The van der Waals surface area contributed by atoms with E-state index in [1.54, 1.807) is 12.4 Å². The van der Waals surface area contributed by atoms with Gasteiger partial charge in [-0.1, -0.05) is 13.0 Å². The van der Waals surface area contributed by atoms with Crippen LogP contribution in [0.2, 0.25) is 0 Å². The van der Waals surface area contributed by atoms with Crippen LogP contribution < -0.4 is 0 Å². The van der Waals surface area contributed by atoms with Crippen molar-refractivity contribution < 1.29 is 0 Å². The Kier molecular flexibility index (Phi) is 2.08. The van der Waals surface area contributed by atoms with Crippen molar-refractivity contribution in [1.82, 2.24) is 14.5 Å². The Labute approximate surface area is 77.1 Å². The van der Waals surface area contributed by atoms with E-state index in [0.717, 1.165) is 18.1 Å². The normalized spacial score (nSPS) is 10.2. The van der Waals surface area contributed by atoms with E-state index in [0.29, 0.717) is 0 Å². The van der Waals surface area contributed by atoms with Gasteiger partial charge in [0.2, 0.25) is 0 Å². The van der Waals surface area contributed by atoms with Gasteiger partial charge in [0.05, 0.1) is 0 Å². The van der Waals surface area contributed by atoms with Crippen molar-refractivity contribution >= 4 is 0 Å². The molecular weight excluding hydrogens is 162 g/mol. The van der Waals surface area contributed by atoms with Crippen molar-refractivity contribution in [1.29, 1.82) is 0 Å². The smallest absolute Gasteiger partial charge is 0.137 e. The highest BCUT2D eigenvalue weighted by molar-refractivity contribution is 5.23. The second-order valence-electron chi connectivity index (χ2n) is 2.75. The van der Waals surface area contributed by atoms with E-state index in [1.807, 2.05) is 29.0 Å². The summed E-state index contributed by atoms with van der Waals surface area (Å²) < 4.78 is 2.00. The van der Waals surface area contributed by atoms with Crippen LogP contribution in [-0.4, -0.2) is 14.5 Å². The van der Waals surface area contributed by atoms with E-state index < -0.39 is 0 Å². The number of rotatable bonds is 2. The molecule has 0 saturated heterocycles. The summed E-state index contributed by atoms with van der Waals surface area (Å²) in [7, 11) is 0. The molecule has 0 N–H and O–H groups in total. The minimum Gasteiger partial charge on any atom is -0.288 e. The van der Waals surface area contributed by atoms with E-state index in [2.05, 4.69) is 16.9 Å². The third-order valence-corrected chi connectivity index (χ3v) is 1.93. The molecule has 2 aromatic heterocycles. The molecule has 0 unspecified atom stereocenters. The maximum atomic E-state index is 4.25. The molecule has 0 spiro atoms. The Morgan fingerprint density at radius 1 is 1.23 bits per heavy atom. The van der Waals surface area contributed by atoms with Crippen LogP contribution in [0.1, 0.15) is 12.7 Å². The highest BCUT2D eigenvalue weighted by atomic mass is 15.1. The van der Waals surface area contributed by atoms with Gasteiger partial charge in [0.15, 0.2) is 0 Å². The second-order valence-corrected chi connectivity index (χ2v) is 2.75. The Morgan fingerprint density at radius 3 is 2.85 bits per heavy atom. The van der Waals surface area contributed by atoms with Crippen molar-refractivity contribution in [3.8, 4) is 5.82 Å². The third-order valence-electron chi connectivity index (χ3n) is 1.93. The summed E-state index contributed by atoms with van der Waals surface area (Å²) in [5.74, 6) is 1.97. The zero-order valence-electron chi connectivity index (χ0n) is 7.51. The fourth-order valence-electron chi connectivity index (χ4n) is 1.30. The van der Waals surface area contributed by atoms with Gasteiger partial charge in [0, 0.05) is 25.0 Å². The van der Waals surface area contributed by atoms with Crippen molar-refractivity contribution in [3.63, 3.8) is 0 Å². The van der Waals surface area contributed by atoms with E-state index in [1.165, 1.54) is 0 Å². The molecule has 2 aromatic rings. The number of pyridine rings is 1. The Balaban J connectivity index is 2.47. The first-order chi connectivity index (χ1) is 6.42. The van der Waals surface area contributed by atoms with Gasteiger partial charge >= 0.3 is 0 Å². The van der Waals surface area contributed by atoms with Crippen molar-refractivity contribution in [3.05, 3.63) is 42.6 Å². The largest absolute Gasteiger partial charge is 0.288 e. The summed E-state index contributed by atoms with van der Waals surface area (Å²) in [5, 5.41) is 0. The minimum absolute atomic E-state index is 0.920. The number of aromatic nitrogens is 3. The number of hydrogen-bond acceptors (Lipinski definition) is 2. The van der Waals surface area contributed by atoms with Gasteiger partial charge in [-0.25, -0.2) is 9.97 Å². The van der Waals surface area contributed by atoms with Gasteiger partial charge in [-0.15, -0.1) is 0 Å². The molecule has 0 aliphatic carbocycles. The fourth-order valence-corrected chi connectivity index (χ4v) is 1.30. The molecular formula is C10H11N3. The van der Waals surface area contributed by atoms with Gasteiger partial charge in [0.1, 0.15) is 11.6 Å². The lowest BCUT2D eigenvalue weighted by molar-refractivity contribution is 0.867. The standard InChI is InChI=1S/C10H11N3/c1-2-9-12-7-8-13(9)10-5-3-4-6-11-10/h3-8H,2H2,1H3. The molecule has 0 amide bonds. The highest BCUT2D eigenvalue weighted by Crippen LogP contribution is 2.06. The number of hydrogen-bond donors (Lipinski definition) is 0. The molecule has 66 valence electrons. The average Bonchev–Trinajstić information content (AvgIpc) is 2.67. The maximum absolute atomic E-state index is 4.25. The molecule has 13 heavy (non-hydrogen) atoms. The Morgan fingerprint density at radius 2 is 2.15 bits per heavy atom. The molecule has 0 radical (unpaired) electrons. The minimum atomic E-state index is 0.920. The van der Waals surface area contributed by atoms with E-state index >= 15 is 0 Å². The topological polar surface area (TPSA) is 30.7 Å². The molecule has 0 aromatic carbocycles. The number of imidazole rings is 1. The molecule has 0 aliphatic heterocycles. The van der Waals surface area contributed by atoms with Crippen LogP contribution in [0.4, 0.5) is 0 Å². The summed E-state index contributed by atoms with van der Waals surface area (Å²) in [6.45, 7) is 2.09. The zero-order chi connectivity index (χ0) is 9.10. The first-order valence-electron chi connectivity index (χ1n) is 4.35. The Hall–Kier alpha value is -1.64. The summed E-state index contributed by atoms with van der Waals surface area (Å²) in [6, 6.07) is 5.86. The summed E-state index contributed by atoms with van der Waals surface area (Å²) >= 11 is 0. The first kappa shape index (κ1) is 7.98. The molecule has 0 saturated carbocycles. The monoisotopic (exact) mass is 173 g/mol. The van der Waals surface area contributed by atoms with E-state index in [9.17, 15) is 0 Å². The van der Waals surface area contributed by atoms with Gasteiger partial charge in [-0.3, -0.25) is 4.57 Å². The lowest BCUT2D eigenvalue weighted by Crippen LogP contribution is -2.00. The third kappa shape index (κ3) is 1.45. The van der Waals surface area contributed by atoms with Crippen LogP contribution in [0.3, 0.4) is 0 Å². The Bertz CT molecular complexity index is 378. The lowest BCUT2D eigenvalue weighted by atomic mass is 10.4. The van der Waals surface area contributed by atoms with E-state index in [4.69, 9.17) is 0 Å². The molecule has 0 aliphatic rings.